The summed E-state index contributed by atoms with van der Waals surface area (Å²) in [5, 5.41) is 9.70. The Morgan fingerprint density at radius 3 is 2.35 bits per heavy atom. The summed E-state index contributed by atoms with van der Waals surface area (Å²) in [6.45, 7) is 4.32. The Labute approximate surface area is 154 Å². The van der Waals surface area contributed by atoms with Gasteiger partial charge in [-0.3, -0.25) is 0 Å². The Kier molecular flexibility index (Phi) is 3.89. The standard InChI is InChI=1S/C23H21N3/c1-16-9-7-13-20(18-10-5-4-6-11-18)22(16)26-17(2)25(3)21-14-8-12-19(15-24)23(21)26/h4-14,17H,1-3H3/t17-/m0/s1. The number of aryl methyl sites for hydroxylation is 1. The van der Waals surface area contributed by atoms with Crippen LogP contribution in [0.2, 0.25) is 0 Å². The lowest BCUT2D eigenvalue weighted by molar-refractivity contribution is 0.733. The fourth-order valence-corrected chi connectivity index (χ4v) is 3.85. The van der Waals surface area contributed by atoms with Gasteiger partial charge in [0.05, 0.1) is 22.6 Å². The number of fused-ring (bicyclic) bond motifs is 1. The van der Waals surface area contributed by atoms with Crippen LogP contribution < -0.4 is 9.80 Å². The first-order valence-electron chi connectivity index (χ1n) is 8.83. The second kappa shape index (κ2) is 6.24. The van der Waals surface area contributed by atoms with E-state index in [1.54, 1.807) is 0 Å². The zero-order valence-electron chi connectivity index (χ0n) is 15.3. The topological polar surface area (TPSA) is 30.3 Å². The summed E-state index contributed by atoms with van der Waals surface area (Å²) in [7, 11) is 2.09. The summed E-state index contributed by atoms with van der Waals surface area (Å²) >= 11 is 0. The minimum absolute atomic E-state index is 0.128. The van der Waals surface area contributed by atoms with E-state index in [1.807, 2.05) is 18.2 Å². The molecular weight excluding hydrogens is 318 g/mol. The highest BCUT2D eigenvalue weighted by molar-refractivity contribution is 5.93. The Morgan fingerprint density at radius 1 is 0.885 bits per heavy atom. The van der Waals surface area contributed by atoms with E-state index in [9.17, 15) is 5.26 Å². The third-order valence-electron chi connectivity index (χ3n) is 5.25. The largest absolute Gasteiger partial charge is 0.352 e. The second-order valence-corrected chi connectivity index (χ2v) is 6.73. The molecule has 3 aromatic rings. The number of para-hydroxylation sites is 2. The van der Waals surface area contributed by atoms with Crippen molar-refractivity contribution in [1.82, 2.24) is 0 Å². The number of nitriles is 1. The molecule has 1 aliphatic heterocycles. The van der Waals surface area contributed by atoms with Crippen LogP contribution >= 0.6 is 0 Å². The molecule has 3 aromatic carbocycles. The summed E-state index contributed by atoms with van der Waals surface area (Å²) < 4.78 is 0. The molecule has 0 radical (unpaired) electrons. The molecule has 0 saturated carbocycles. The van der Waals surface area contributed by atoms with Gasteiger partial charge in [0.1, 0.15) is 12.2 Å². The molecule has 0 bridgehead atoms. The minimum Gasteiger partial charge on any atom is -0.352 e. The van der Waals surface area contributed by atoms with Crippen LogP contribution in [0.5, 0.6) is 0 Å². The van der Waals surface area contributed by atoms with Gasteiger partial charge in [-0.1, -0.05) is 54.6 Å². The van der Waals surface area contributed by atoms with E-state index < -0.39 is 0 Å². The van der Waals surface area contributed by atoms with Crippen LogP contribution in [0.3, 0.4) is 0 Å². The maximum absolute atomic E-state index is 9.70. The van der Waals surface area contributed by atoms with Crippen LogP contribution in [0.25, 0.3) is 11.1 Å². The Morgan fingerprint density at radius 2 is 1.62 bits per heavy atom. The van der Waals surface area contributed by atoms with Crippen molar-refractivity contribution in [2.45, 2.75) is 20.0 Å². The van der Waals surface area contributed by atoms with Gasteiger partial charge in [0.2, 0.25) is 0 Å². The van der Waals surface area contributed by atoms with Crippen LogP contribution in [0, 0.1) is 18.3 Å². The fraction of sp³-hybridized carbons (Fsp3) is 0.174. The van der Waals surface area contributed by atoms with E-state index in [2.05, 4.69) is 85.3 Å². The predicted octanol–water partition coefficient (Wildman–Crippen LogP) is 5.47. The smallest absolute Gasteiger partial charge is 0.103 e. The highest BCUT2D eigenvalue weighted by Crippen LogP contribution is 2.48. The van der Waals surface area contributed by atoms with Crippen molar-refractivity contribution in [3.8, 4) is 17.2 Å². The van der Waals surface area contributed by atoms with Gasteiger partial charge < -0.3 is 9.80 Å². The normalized spacial score (nSPS) is 15.7. The minimum atomic E-state index is 0.128. The number of benzene rings is 3. The molecule has 0 fully saturated rings. The molecule has 128 valence electrons. The fourth-order valence-electron chi connectivity index (χ4n) is 3.85. The first-order valence-corrected chi connectivity index (χ1v) is 8.83. The third kappa shape index (κ3) is 2.34. The summed E-state index contributed by atoms with van der Waals surface area (Å²) in [5.41, 5.74) is 7.54. The molecule has 0 saturated heterocycles. The van der Waals surface area contributed by atoms with Crippen LogP contribution in [-0.2, 0) is 0 Å². The van der Waals surface area contributed by atoms with E-state index in [0.717, 1.165) is 11.4 Å². The lowest BCUT2D eigenvalue weighted by Gasteiger charge is -2.31. The monoisotopic (exact) mass is 339 g/mol. The summed E-state index contributed by atoms with van der Waals surface area (Å²) in [4.78, 5) is 4.54. The molecule has 1 atom stereocenters. The van der Waals surface area contributed by atoms with Gasteiger partial charge in [0, 0.05) is 12.6 Å². The Bertz CT molecular complexity index is 1000. The summed E-state index contributed by atoms with van der Waals surface area (Å²) in [6.07, 6.45) is 0.128. The van der Waals surface area contributed by atoms with E-state index in [4.69, 9.17) is 0 Å². The van der Waals surface area contributed by atoms with E-state index >= 15 is 0 Å². The summed E-state index contributed by atoms with van der Waals surface area (Å²) in [6, 6.07) is 25.2. The van der Waals surface area contributed by atoms with Crippen molar-refractivity contribution >= 4 is 17.1 Å². The first kappa shape index (κ1) is 16.2. The highest BCUT2D eigenvalue weighted by atomic mass is 15.4. The lowest BCUT2D eigenvalue weighted by atomic mass is 9.98. The van der Waals surface area contributed by atoms with Crippen LogP contribution in [0.1, 0.15) is 18.1 Å². The zero-order chi connectivity index (χ0) is 18.3. The quantitative estimate of drug-likeness (QED) is 0.620. The SMILES string of the molecule is Cc1cccc(-c2ccccc2)c1N1c2c(C#N)cccc2N(C)[C@@H]1C. The van der Waals surface area contributed by atoms with Crippen LogP contribution in [0.15, 0.2) is 66.7 Å². The van der Waals surface area contributed by atoms with Gasteiger partial charge in [0.25, 0.3) is 0 Å². The lowest BCUT2D eigenvalue weighted by Crippen LogP contribution is -2.36. The van der Waals surface area contributed by atoms with E-state index in [0.29, 0.717) is 5.56 Å². The number of anilines is 3. The average molecular weight is 339 g/mol. The predicted molar refractivity (Wildman–Crippen MR) is 108 cm³/mol. The average Bonchev–Trinajstić information content (AvgIpc) is 2.93. The van der Waals surface area contributed by atoms with Crippen molar-refractivity contribution in [3.05, 3.63) is 77.9 Å². The molecule has 3 heteroatoms. The van der Waals surface area contributed by atoms with Gasteiger partial charge in [-0.15, -0.1) is 0 Å². The molecule has 0 amide bonds. The number of nitrogens with zero attached hydrogens (tertiary/aromatic N) is 3. The molecule has 4 rings (SSSR count). The van der Waals surface area contributed by atoms with Crippen molar-refractivity contribution in [1.29, 1.82) is 5.26 Å². The molecule has 1 heterocycles. The Balaban J connectivity index is 2.00. The molecular formula is C23H21N3. The summed E-state index contributed by atoms with van der Waals surface area (Å²) in [5.74, 6) is 0. The number of hydrogen-bond acceptors (Lipinski definition) is 3. The van der Waals surface area contributed by atoms with Crippen molar-refractivity contribution in [2.75, 3.05) is 16.8 Å². The van der Waals surface area contributed by atoms with Crippen LogP contribution in [0.4, 0.5) is 17.1 Å². The van der Waals surface area contributed by atoms with Gasteiger partial charge in [0.15, 0.2) is 0 Å². The van der Waals surface area contributed by atoms with Crippen molar-refractivity contribution in [3.63, 3.8) is 0 Å². The van der Waals surface area contributed by atoms with Gasteiger partial charge in [-0.25, -0.2) is 0 Å². The third-order valence-corrected chi connectivity index (χ3v) is 5.25. The van der Waals surface area contributed by atoms with Gasteiger partial charge in [-0.2, -0.15) is 5.26 Å². The van der Waals surface area contributed by atoms with Crippen molar-refractivity contribution in [2.24, 2.45) is 0 Å². The van der Waals surface area contributed by atoms with E-state index in [1.165, 1.54) is 22.4 Å². The van der Waals surface area contributed by atoms with Crippen LogP contribution in [-0.4, -0.2) is 13.2 Å². The maximum Gasteiger partial charge on any atom is 0.103 e. The van der Waals surface area contributed by atoms with E-state index in [-0.39, 0.29) is 6.17 Å². The zero-order valence-corrected chi connectivity index (χ0v) is 15.3. The molecule has 0 unspecified atom stereocenters. The highest BCUT2D eigenvalue weighted by Gasteiger charge is 2.35. The first-order chi connectivity index (χ1) is 12.6. The van der Waals surface area contributed by atoms with Gasteiger partial charge >= 0.3 is 0 Å². The molecule has 0 aromatic heterocycles. The van der Waals surface area contributed by atoms with Gasteiger partial charge in [-0.05, 0) is 37.1 Å². The molecule has 26 heavy (non-hydrogen) atoms. The molecule has 3 nitrogen and oxygen atoms in total. The van der Waals surface area contributed by atoms with Crippen molar-refractivity contribution < 1.29 is 0 Å². The second-order valence-electron chi connectivity index (χ2n) is 6.73. The maximum atomic E-state index is 9.70. The molecule has 0 spiro atoms. The molecule has 0 N–H and O–H groups in total. The molecule has 1 aliphatic rings. The number of rotatable bonds is 2. The number of hydrogen-bond donors (Lipinski definition) is 0. The Hall–Kier alpha value is -3.25. The molecule has 0 aliphatic carbocycles.